The number of hydrogen-bond acceptors (Lipinski definition) is 3. The van der Waals surface area contributed by atoms with Gasteiger partial charge >= 0.3 is 0 Å². The molecule has 0 radical (unpaired) electrons. The summed E-state index contributed by atoms with van der Waals surface area (Å²) in [6.07, 6.45) is 1.17. The van der Waals surface area contributed by atoms with Crippen molar-refractivity contribution in [2.75, 3.05) is 26.2 Å². The molecule has 0 aliphatic heterocycles. The molecule has 0 atom stereocenters. The average molecular weight is 227 g/mol. The minimum Gasteiger partial charge on any atom is -0.486 e. The Hall–Kier alpha value is -0.790. The molecule has 0 saturated heterocycles. The third-order valence-electron chi connectivity index (χ3n) is 1.90. The highest BCUT2D eigenvalue weighted by atomic mass is 31.2. The van der Waals surface area contributed by atoms with Crippen molar-refractivity contribution in [3.8, 4) is 5.75 Å². The summed E-state index contributed by atoms with van der Waals surface area (Å²) in [4.78, 5) is 0. The maximum atomic E-state index is 11.4. The Morgan fingerprint density at radius 3 is 2.33 bits per heavy atom. The van der Waals surface area contributed by atoms with Gasteiger partial charge in [0.15, 0.2) is 0 Å². The van der Waals surface area contributed by atoms with Crippen LogP contribution < -0.4 is 10.5 Å². The van der Waals surface area contributed by atoms with Crippen LogP contribution >= 0.6 is 7.14 Å². The molecule has 0 aliphatic rings. The standard InChI is InChI=1S/C11H18NO2P/c1-15(2,13)9-14-11-5-3-10(4-6-11)7-8-12/h3-6H,7-9,12H2,1-2H3. The quantitative estimate of drug-likeness (QED) is 0.784. The molecule has 0 aliphatic carbocycles. The maximum Gasteiger partial charge on any atom is 0.140 e. The van der Waals surface area contributed by atoms with E-state index in [9.17, 15) is 4.57 Å². The Morgan fingerprint density at radius 2 is 1.87 bits per heavy atom. The van der Waals surface area contributed by atoms with Gasteiger partial charge in [-0.05, 0) is 44.0 Å². The van der Waals surface area contributed by atoms with Crippen LogP contribution in [-0.4, -0.2) is 26.2 Å². The largest absolute Gasteiger partial charge is 0.486 e. The van der Waals surface area contributed by atoms with E-state index in [0.717, 1.165) is 12.2 Å². The predicted molar refractivity (Wildman–Crippen MR) is 64.1 cm³/mol. The molecule has 0 spiro atoms. The van der Waals surface area contributed by atoms with Crippen molar-refractivity contribution in [1.29, 1.82) is 0 Å². The van der Waals surface area contributed by atoms with Gasteiger partial charge in [-0.1, -0.05) is 12.1 Å². The first kappa shape index (κ1) is 12.3. The van der Waals surface area contributed by atoms with Crippen LogP contribution in [0.25, 0.3) is 0 Å². The second-order valence-electron chi connectivity index (χ2n) is 4.03. The predicted octanol–water partition coefficient (Wildman–Crippen LogP) is 2.15. The molecule has 84 valence electrons. The van der Waals surface area contributed by atoms with Crippen LogP contribution in [0, 0.1) is 0 Å². The lowest BCUT2D eigenvalue weighted by molar-refractivity contribution is 0.378. The first-order chi connectivity index (χ1) is 7.01. The molecule has 0 amide bonds. The van der Waals surface area contributed by atoms with Gasteiger partial charge in [0.1, 0.15) is 19.2 Å². The van der Waals surface area contributed by atoms with Gasteiger partial charge in [-0.25, -0.2) is 0 Å². The van der Waals surface area contributed by atoms with Crippen molar-refractivity contribution in [2.24, 2.45) is 5.73 Å². The van der Waals surface area contributed by atoms with Crippen LogP contribution in [0.5, 0.6) is 5.75 Å². The van der Waals surface area contributed by atoms with Gasteiger partial charge in [-0.3, -0.25) is 0 Å². The van der Waals surface area contributed by atoms with E-state index >= 15 is 0 Å². The number of benzene rings is 1. The van der Waals surface area contributed by atoms with Gasteiger partial charge in [-0.2, -0.15) is 0 Å². The topological polar surface area (TPSA) is 52.3 Å². The Morgan fingerprint density at radius 1 is 1.27 bits per heavy atom. The van der Waals surface area contributed by atoms with Crippen LogP contribution in [0.4, 0.5) is 0 Å². The molecule has 0 bridgehead atoms. The monoisotopic (exact) mass is 227 g/mol. The third kappa shape index (κ3) is 5.01. The Kier molecular flexibility index (Phi) is 4.37. The molecular weight excluding hydrogens is 209 g/mol. The van der Waals surface area contributed by atoms with E-state index in [-0.39, 0.29) is 0 Å². The molecule has 0 fully saturated rings. The number of rotatable bonds is 5. The minimum atomic E-state index is -2.10. The van der Waals surface area contributed by atoms with E-state index in [0.29, 0.717) is 12.9 Å². The van der Waals surface area contributed by atoms with Gasteiger partial charge in [0, 0.05) is 0 Å². The zero-order chi connectivity index (χ0) is 11.3. The zero-order valence-corrected chi connectivity index (χ0v) is 10.2. The maximum absolute atomic E-state index is 11.4. The lowest BCUT2D eigenvalue weighted by Gasteiger charge is -2.09. The van der Waals surface area contributed by atoms with E-state index in [1.54, 1.807) is 13.3 Å². The van der Waals surface area contributed by atoms with Crippen molar-refractivity contribution in [3.63, 3.8) is 0 Å². The van der Waals surface area contributed by atoms with E-state index in [2.05, 4.69) is 0 Å². The fourth-order valence-electron chi connectivity index (χ4n) is 1.15. The first-order valence-corrected chi connectivity index (χ1v) is 7.76. The van der Waals surface area contributed by atoms with E-state index in [1.807, 2.05) is 24.3 Å². The van der Waals surface area contributed by atoms with Crippen molar-refractivity contribution in [1.82, 2.24) is 0 Å². The summed E-state index contributed by atoms with van der Waals surface area (Å²) in [5.41, 5.74) is 6.64. The lowest BCUT2D eigenvalue weighted by Crippen LogP contribution is -2.02. The zero-order valence-electron chi connectivity index (χ0n) is 9.27. The number of hydrogen-bond donors (Lipinski definition) is 1. The number of nitrogens with two attached hydrogens (primary N) is 1. The van der Waals surface area contributed by atoms with E-state index in [4.69, 9.17) is 10.5 Å². The summed E-state index contributed by atoms with van der Waals surface area (Å²) in [6, 6.07) is 7.75. The van der Waals surface area contributed by atoms with Gasteiger partial charge in [-0.15, -0.1) is 0 Å². The second kappa shape index (κ2) is 5.34. The Balaban J connectivity index is 2.53. The normalized spacial score (nSPS) is 11.4. The SMILES string of the molecule is CP(C)(=O)COc1ccc(CCN)cc1. The molecule has 0 heterocycles. The second-order valence-corrected chi connectivity index (χ2v) is 7.44. The molecule has 4 heteroatoms. The Labute approximate surface area is 91.0 Å². The van der Waals surface area contributed by atoms with Gasteiger partial charge in [0.2, 0.25) is 0 Å². The van der Waals surface area contributed by atoms with Crippen LogP contribution in [0.15, 0.2) is 24.3 Å². The highest BCUT2D eigenvalue weighted by Crippen LogP contribution is 2.35. The fourth-order valence-corrected chi connectivity index (χ4v) is 1.61. The van der Waals surface area contributed by atoms with Gasteiger partial charge in [0.05, 0.1) is 0 Å². The van der Waals surface area contributed by atoms with Crippen LogP contribution in [0.2, 0.25) is 0 Å². The van der Waals surface area contributed by atoms with Crippen molar-refractivity contribution >= 4 is 7.14 Å². The number of ether oxygens (including phenoxy) is 1. The van der Waals surface area contributed by atoms with Crippen LogP contribution in [0.3, 0.4) is 0 Å². The highest BCUT2D eigenvalue weighted by molar-refractivity contribution is 7.62. The smallest absolute Gasteiger partial charge is 0.140 e. The molecule has 1 aromatic rings. The molecule has 0 saturated carbocycles. The molecular formula is C11H18NO2P. The molecule has 2 N–H and O–H groups in total. The first-order valence-electron chi connectivity index (χ1n) is 4.97. The van der Waals surface area contributed by atoms with Crippen molar-refractivity contribution < 1.29 is 9.30 Å². The summed E-state index contributed by atoms with van der Waals surface area (Å²) >= 11 is 0. The highest BCUT2D eigenvalue weighted by Gasteiger charge is 2.07. The summed E-state index contributed by atoms with van der Waals surface area (Å²) in [6.45, 7) is 4.09. The Bertz CT molecular complexity index is 342. The molecule has 0 unspecified atom stereocenters. The lowest BCUT2D eigenvalue weighted by atomic mass is 10.1. The molecule has 3 nitrogen and oxygen atoms in total. The molecule has 1 aromatic carbocycles. The fraction of sp³-hybridized carbons (Fsp3) is 0.455. The molecule has 0 aromatic heterocycles. The van der Waals surface area contributed by atoms with Crippen molar-refractivity contribution in [2.45, 2.75) is 6.42 Å². The average Bonchev–Trinajstić information content (AvgIpc) is 2.16. The van der Waals surface area contributed by atoms with Crippen LogP contribution in [-0.2, 0) is 11.0 Å². The molecule has 15 heavy (non-hydrogen) atoms. The van der Waals surface area contributed by atoms with Gasteiger partial charge in [0.25, 0.3) is 0 Å². The molecule has 1 rings (SSSR count). The summed E-state index contributed by atoms with van der Waals surface area (Å²) in [5.74, 6) is 0.764. The summed E-state index contributed by atoms with van der Waals surface area (Å²) in [7, 11) is -2.10. The summed E-state index contributed by atoms with van der Waals surface area (Å²) in [5, 5.41) is 0. The summed E-state index contributed by atoms with van der Waals surface area (Å²) < 4.78 is 16.8. The van der Waals surface area contributed by atoms with E-state index < -0.39 is 7.14 Å². The van der Waals surface area contributed by atoms with Crippen LogP contribution in [0.1, 0.15) is 5.56 Å². The van der Waals surface area contributed by atoms with Gasteiger partial charge < -0.3 is 15.0 Å². The third-order valence-corrected chi connectivity index (χ3v) is 2.65. The van der Waals surface area contributed by atoms with Crippen molar-refractivity contribution in [3.05, 3.63) is 29.8 Å². The van der Waals surface area contributed by atoms with E-state index in [1.165, 1.54) is 5.56 Å². The minimum absolute atomic E-state index is 0.295.